The summed E-state index contributed by atoms with van der Waals surface area (Å²) in [6.45, 7) is 12.2. The largest absolute Gasteiger partial charge is 0.334 e. The highest BCUT2D eigenvalue weighted by Crippen LogP contribution is 2.29. The fourth-order valence-electron chi connectivity index (χ4n) is 4.29. The zero-order valence-corrected chi connectivity index (χ0v) is 17.9. The normalized spacial score (nSPS) is 17.0. The molecule has 5 nitrogen and oxygen atoms in total. The average molecular weight is 390 g/mol. The summed E-state index contributed by atoms with van der Waals surface area (Å²) in [6, 6.07) is 3.91. The molecule has 0 amide bonds. The molecule has 2 heterocycles. The molecule has 0 aliphatic carbocycles. The smallest absolute Gasteiger partial charge is 0.243 e. The maximum Gasteiger partial charge on any atom is 0.243 e. The number of rotatable bonds is 5. The Morgan fingerprint density at radius 1 is 1.11 bits per heavy atom. The molecular weight excluding hydrogens is 358 g/mol. The first-order valence-corrected chi connectivity index (χ1v) is 11.2. The van der Waals surface area contributed by atoms with Gasteiger partial charge in [0.05, 0.1) is 4.90 Å². The van der Waals surface area contributed by atoms with Crippen molar-refractivity contribution in [1.29, 1.82) is 0 Å². The van der Waals surface area contributed by atoms with E-state index in [1.54, 1.807) is 4.31 Å². The van der Waals surface area contributed by atoms with Crippen LogP contribution in [0.15, 0.2) is 29.4 Å². The molecule has 3 rings (SSSR count). The minimum atomic E-state index is -3.43. The van der Waals surface area contributed by atoms with Crippen molar-refractivity contribution in [3.63, 3.8) is 0 Å². The number of sulfonamides is 1. The molecule has 6 heteroatoms. The van der Waals surface area contributed by atoms with E-state index in [1.165, 1.54) is 0 Å². The molecule has 1 fully saturated rings. The second-order valence-corrected chi connectivity index (χ2v) is 10.0. The Morgan fingerprint density at radius 2 is 1.70 bits per heavy atom. The number of imidazole rings is 1. The van der Waals surface area contributed by atoms with Gasteiger partial charge in [0.15, 0.2) is 0 Å². The topological polar surface area (TPSA) is 55.2 Å². The summed E-state index contributed by atoms with van der Waals surface area (Å²) in [4.78, 5) is 4.95. The molecule has 27 heavy (non-hydrogen) atoms. The van der Waals surface area contributed by atoms with Crippen molar-refractivity contribution in [1.82, 2.24) is 13.9 Å². The van der Waals surface area contributed by atoms with Gasteiger partial charge in [-0.2, -0.15) is 4.31 Å². The zero-order chi connectivity index (χ0) is 19.8. The second kappa shape index (κ2) is 7.76. The van der Waals surface area contributed by atoms with E-state index < -0.39 is 10.0 Å². The number of hydrogen-bond donors (Lipinski definition) is 0. The fraction of sp³-hybridized carbons (Fsp3) is 0.571. The summed E-state index contributed by atoms with van der Waals surface area (Å²) in [5.41, 5.74) is 2.79. The molecular formula is C21H31N3O2S. The summed E-state index contributed by atoms with van der Waals surface area (Å²) >= 11 is 0. The third-order valence-corrected chi connectivity index (χ3v) is 7.70. The van der Waals surface area contributed by atoms with Gasteiger partial charge in [0, 0.05) is 37.9 Å². The molecule has 0 unspecified atom stereocenters. The van der Waals surface area contributed by atoms with Gasteiger partial charge in [0.2, 0.25) is 10.0 Å². The van der Waals surface area contributed by atoms with Gasteiger partial charge in [-0.15, -0.1) is 0 Å². The van der Waals surface area contributed by atoms with Crippen LogP contribution in [-0.2, 0) is 16.6 Å². The maximum absolute atomic E-state index is 13.2. The average Bonchev–Trinajstić information content (AvgIpc) is 3.02. The van der Waals surface area contributed by atoms with Crippen LogP contribution in [0.2, 0.25) is 0 Å². The van der Waals surface area contributed by atoms with Crippen molar-refractivity contribution in [2.45, 2.75) is 64.8 Å². The molecule has 0 saturated carbocycles. The fourth-order valence-corrected chi connectivity index (χ4v) is 6.17. The summed E-state index contributed by atoms with van der Waals surface area (Å²) in [7, 11) is -3.43. The molecule has 1 aliphatic rings. The number of nitrogens with zero attached hydrogens (tertiary/aromatic N) is 3. The third-order valence-electron chi connectivity index (χ3n) is 5.50. The van der Waals surface area contributed by atoms with E-state index in [4.69, 9.17) is 0 Å². The Balaban J connectivity index is 1.71. The Kier molecular flexibility index (Phi) is 5.77. The summed E-state index contributed by atoms with van der Waals surface area (Å²) in [6.07, 6.45) is 5.67. The van der Waals surface area contributed by atoms with Gasteiger partial charge in [-0.3, -0.25) is 0 Å². The Labute approximate surface area is 163 Å². The van der Waals surface area contributed by atoms with Crippen LogP contribution in [0.25, 0.3) is 0 Å². The van der Waals surface area contributed by atoms with Crippen LogP contribution in [-0.4, -0.2) is 35.4 Å². The molecule has 0 spiro atoms. The Hall–Kier alpha value is -1.66. The minimum absolute atomic E-state index is 0.396. The highest BCUT2D eigenvalue weighted by molar-refractivity contribution is 7.89. The van der Waals surface area contributed by atoms with E-state index in [0.717, 1.165) is 41.9 Å². The van der Waals surface area contributed by atoms with Crippen molar-refractivity contribution in [2.75, 3.05) is 13.1 Å². The standard InChI is InChI=1S/C21H31N3O2S/c1-15(2)21-22-8-11-23(21)14-19-6-9-24(10-7-19)27(25,26)20-17(4)12-16(3)13-18(20)5/h8,11-13,15,19H,6-7,9-10,14H2,1-5H3. The summed E-state index contributed by atoms with van der Waals surface area (Å²) < 4.78 is 30.3. The lowest BCUT2D eigenvalue weighted by molar-refractivity contribution is 0.251. The van der Waals surface area contributed by atoms with E-state index in [-0.39, 0.29) is 0 Å². The first kappa shape index (κ1) is 20.1. The van der Waals surface area contributed by atoms with E-state index in [2.05, 4.69) is 23.4 Å². The maximum atomic E-state index is 13.2. The van der Waals surface area contributed by atoms with E-state index in [0.29, 0.717) is 29.8 Å². The van der Waals surface area contributed by atoms with Crippen molar-refractivity contribution >= 4 is 10.0 Å². The molecule has 148 valence electrons. The van der Waals surface area contributed by atoms with Gasteiger partial charge in [-0.05, 0) is 50.7 Å². The van der Waals surface area contributed by atoms with Crippen LogP contribution in [0.3, 0.4) is 0 Å². The van der Waals surface area contributed by atoms with Gasteiger partial charge in [0.25, 0.3) is 0 Å². The van der Waals surface area contributed by atoms with Crippen LogP contribution < -0.4 is 0 Å². The zero-order valence-electron chi connectivity index (χ0n) is 17.1. The monoisotopic (exact) mass is 389 g/mol. The number of piperidine rings is 1. The van der Waals surface area contributed by atoms with Crippen LogP contribution >= 0.6 is 0 Å². The lowest BCUT2D eigenvalue weighted by atomic mass is 9.98. The van der Waals surface area contributed by atoms with E-state index in [1.807, 2.05) is 45.3 Å². The summed E-state index contributed by atoms with van der Waals surface area (Å²) in [5.74, 6) is 1.99. The molecule has 1 aromatic heterocycles. The highest BCUT2D eigenvalue weighted by atomic mass is 32.2. The molecule has 1 aromatic carbocycles. The quantitative estimate of drug-likeness (QED) is 0.776. The molecule has 1 aliphatic heterocycles. The van der Waals surface area contributed by atoms with Gasteiger partial charge < -0.3 is 4.57 Å². The van der Waals surface area contributed by atoms with Crippen molar-refractivity contribution in [2.24, 2.45) is 5.92 Å². The summed E-state index contributed by atoms with van der Waals surface area (Å²) in [5, 5.41) is 0. The third kappa shape index (κ3) is 4.11. The van der Waals surface area contributed by atoms with Crippen LogP contribution in [0.4, 0.5) is 0 Å². The molecule has 1 saturated heterocycles. The van der Waals surface area contributed by atoms with Gasteiger partial charge in [-0.25, -0.2) is 13.4 Å². The van der Waals surface area contributed by atoms with Gasteiger partial charge in [-0.1, -0.05) is 31.5 Å². The highest BCUT2D eigenvalue weighted by Gasteiger charge is 2.31. The first-order valence-electron chi connectivity index (χ1n) is 9.79. The molecule has 0 N–H and O–H groups in total. The second-order valence-electron chi connectivity index (χ2n) is 8.17. The molecule has 2 aromatic rings. The van der Waals surface area contributed by atoms with Crippen molar-refractivity contribution in [3.8, 4) is 0 Å². The molecule has 0 bridgehead atoms. The van der Waals surface area contributed by atoms with Crippen LogP contribution in [0, 0.1) is 26.7 Å². The predicted octanol–water partition coefficient (Wildman–Crippen LogP) is 4.03. The van der Waals surface area contributed by atoms with E-state index in [9.17, 15) is 8.42 Å². The molecule has 0 atom stereocenters. The number of aromatic nitrogens is 2. The lowest BCUT2D eigenvalue weighted by Gasteiger charge is -2.32. The lowest BCUT2D eigenvalue weighted by Crippen LogP contribution is -2.39. The molecule has 0 radical (unpaired) electrons. The SMILES string of the molecule is Cc1cc(C)c(S(=O)(=O)N2CCC(Cn3ccnc3C(C)C)CC2)c(C)c1. The Morgan fingerprint density at radius 3 is 2.26 bits per heavy atom. The number of hydrogen-bond acceptors (Lipinski definition) is 3. The van der Waals surface area contributed by atoms with Gasteiger partial charge >= 0.3 is 0 Å². The van der Waals surface area contributed by atoms with Crippen LogP contribution in [0.1, 0.15) is 55.1 Å². The van der Waals surface area contributed by atoms with Crippen molar-refractivity contribution in [3.05, 3.63) is 47.0 Å². The number of aryl methyl sites for hydroxylation is 3. The van der Waals surface area contributed by atoms with Crippen LogP contribution in [0.5, 0.6) is 0 Å². The van der Waals surface area contributed by atoms with E-state index >= 15 is 0 Å². The van der Waals surface area contributed by atoms with Gasteiger partial charge in [0.1, 0.15) is 5.82 Å². The number of benzene rings is 1. The Bertz CT molecular complexity index is 884. The predicted molar refractivity (Wildman–Crippen MR) is 108 cm³/mol. The van der Waals surface area contributed by atoms with Crippen molar-refractivity contribution < 1.29 is 8.42 Å². The minimum Gasteiger partial charge on any atom is -0.334 e. The first-order chi connectivity index (χ1) is 12.7.